The molecule has 12 heteroatoms. The van der Waals surface area contributed by atoms with E-state index in [0.717, 1.165) is 85.2 Å². The average molecular weight is 664 g/mol. The summed E-state index contributed by atoms with van der Waals surface area (Å²) < 4.78 is 6.25. The van der Waals surface area contributed by atoms with Crippen molar-refractivity contribution < 1.29 is 35.1 Å². The number of amides is 2. The summed E-state index contributed by atoms with van der Waals surface area (Å²) >= 11 is 0. The van der Waals surface area contributed by atoms with Gasteiger partial charge in [-0.15, -0.1) is 0 Å². The van der Waals surface area contributed by atoms with E-state index < -0.39 is 37.1 Å². The Morgan fingerprint density at radius 1 is 0.958 bits per heavy atom. The number of aliphatic hydroxyl groups is 5. The molecule has 0 unspecified atom stereocenters. The minimum Gasteiger partial charge on any atom is -0.490 e. The number of hydrogen-bond donors (Lipinski definition) is 8. The summed E-state index contributed by atoms with van der Waals surface area (Å²) in [7, 11) is 0. The molecule has 260 valence electrons. The van der Waals surface area contributed by atoms with Crippen LogP contribution in [0, 0.1) is 6.92 Å². The lowest BCUT2D eigenvalue weighted by Gasteiger charge is -2.25. The van der Waals surface area contributed by atoms with Gasteiger partial charge in [0.05, 0.1) is 24.5 Å². The van der Waals surface area contributed by atoms with Crippen LogP contribution in [-0.2, 0) is 18.5 Å². The molecule has 2 amide bonds. The Hall–Kier alpha value is -3.65. The van der Waals surface area contributed by atoms with Crippen molar-refractivity contribution in [1.29, 1.82) is 0 Å². The molecule has 12 nitrogen and oxygen atoms in total. The maximum absolute atomic E-state index is 12.0. The molecule has 4 atom stereocenters. The lowest BCUT2D eigenvalue weighted by molar-refractivity contribution is -0.113. The van der Waals surface area contributed by atoms with Crippen LogP contribution in [0.3, 0.4) is 0 Å². The van der Waals surface area contributed by atoms with Crippen molar-refractivity contribution in [1.82, 2.24) is 25.9 Å². The van der Waals surface area contributed by atoms with Crippen molar-refractivity contribution in [2.45, 2.75) is 101 Å². The number of carbonyl (C=O) groups excluding carboxylic acids is 1. The second kappa shape index (κ2) is 16.6. The number of hydrogen-bond acceptors (Lipinski definition) is 10. The van der Waals surface area contributed by atoms with Gasteiger partial charge in [-0.1, -0.05) is 30.7 Å². The lowest BCUT2D eigenvalue weighted by Crippen LogP contribution is -2.50. The maximum Gasteiger partial charge on any atom is 0.314 e. The second-order valence-corrected chi connectivity index (χ2v) is 13.0. The molecule has 2 heterocycles. The highest BCUT2D eigenvalue weighted by molar-refractivity contribution is 5.75. The number of rotatable bonds is 19. The number of unbranched alkanes of at least 4 members (excludes halogenated alkanes) is 2. The van der Waals surface area contributed by atoms with Gasteiger partial charge < -0.3 is 46.2 Å². The molecule has 0 bridgehead atoms. The quantitative estimate of drug-likeness (QED) is 0.0884. The van der Waals surface area contributed by atoms with Crippen molar-refractivity contribution in [3.63, 3.8) is 0 Å². The molecule has 2 fully saturated rings. The van der Waals surface area contributed by atoms with E-state index in [1.54, 1.807) is 0 Å². The van der Waals surface area contributed by atoms with E-state index in [1.807, 2.05) is 18.5 Å². The monoisotopic (exact) mass is 663 g/mol. The first kappa shape index (κ1) is 35.7. The van der Waals surface area contributed by atoms with Crippen LogP contribution in [0.25, 0.3) is 11.1 Å². The van der Waals surface area contributed by atoms with E-state index >= 15 is 0 Å². The number of nitrogens with zero attached hydrogens (tertiary/aromatic N) is 2. The number of aryl methyl sites for hydroxylation is 2. The first-order valence-corrected chi connectivity index (χ1v) is 17.0. The van der Waals surface area contributed by atoms with Gasteiger partial charge in [0.1, 0.15) is 24.1 Å². The van der Waals surface area contributed by atoms with Crippen molar-refractivity contribution in [2.24, 2.45) is 0 Å². The first-order chi connectivity index (χ1) is 23.2. The number of aliphatic hydroxyl groups excluding tert-OH is 5. The maximum atomic E-state index is 12.0. The fourth-order valence-corrected chi connectivity index (χ4v) is 5.78. The Bertz CT molecular complexity index is 1500. The summed E-state index contributed by atoms with van der Waals surface area (Å²) in [4.78, 5) is 21.5. The fraction of sp³-hybridized carbons (Fsp3) is 0.528. The van der Waals surface area contributed by atoms with Crippen LogP contribution >= 0.6 is 0 Å². The third-order valence-electron chi connectivity index (χ3n) is 9.13. The summed E-state index contributed by atoms with van der Waals surface area (Å²) in [6.45, 7) is 2.08. The molecular formula is C36H49N5O7. The molecule has 0 saturated heterocycles. The Balaban J connectivity index is 1.06. The largest absolute Gasteiger partial charge is 0.490 e. The predicted molar refractivity (Wildman–Crippen MR) is 180 cm³/mol. The van der Waals surface area contributed by atoms with Crippen molar-refractivity contribution in [3.8, 4) is 16.9 Å². The van der Waals surface area contributed by atoms with Crippen molar-refractivity contribution >= 4 is 6.03 Å². The number of ether oxygens (including phenoxy) is 1. The highest BCUT2D eigenvalue weighted by Gasteiger charge is 2.46. The summed E-state index contributed by atoms with van der Waals surface area (Å²) in [5.74, 6) is 0.929. The van der Waals surface area contributed by atoms with E-state index in [-0.39, 0.29) is 12.1 Å². The molecule has 0 radical (unpaired) electrons. The third kappa shape index (κ3) is 9.49. The number of para-hydroxylation sites is 1. The smallest absolute Gasteiger partial charge is 0.314 e. The molecular weight excluding hydrogens is 614 g/mol. The number of pyridine rings is 2. The molecule has 2 aromatic heterocycles. The predicted octanol–water partition coefficient (Wildman–Crippen LogP) is 2.22. The molecule has 2 saturated carbocycles. The van der Waals surface area contributed by atoms with Gasteiger partial charge in [0.15, 0.2) is 0 Å². The van der Waals surface area contributed by atoms with E-state index in [9.17, 15) is 25.2 Å². The lowest BCUT2D eigenvalue weighted by atomic mass is 9.94. The van der Waals surface area contributed by atoms with Gasteiger partial charge in [0, 0.05) is 48.8 Å². The van der Waals surface area contributed by atoms with E-state index in [2.05, 4.69) is 64.3 Å². The van der Waals surface area contributed by atoms with Crippen LogP contribution in [0.4, 0.5) is 4.79 Å². The molecule has 0 spiro atoms. The molecule has 3 aromatic rings. The number of urea groups is 1. The summed E-state index contributed by atoms with van der Waals surface area (Å²) in [6, 6.07) is 14.1. The second-order valence-electron chi connectivity index (χ2n) is 13.0. The van der Waals surface area contributed by atoms with E-state index in [0.29, 0.717) is 19.2 Å². The van der Waals surface area contributed by atoms with Crippen LogP contribution in [0.15, 0.2) is 54.9 Å². The topological polar surface area (TPSA) is 189 Å². The van der Waals surface area contributed by atoms with Gasteiger partial charge in [-0.3, -0.25) is 9.97 Å². The van der Waals surface area contributed by atoms with E-state index in [4.69, 9.17) is 14.8 Å². The van der Waals surface area contributed by atoms with E-state index in [1.165, 1.54) is 5.56 Å². The van der Waals surface area contributed by atoms with Crippen LogP contribution < -0.4 is 20.7 Å². The minimum absolute atomic E-state index is 0.152. The fourth-order valence-electron chi connectivity index (χ4n) is 5.78. The number of nitrogens with one attached hydrogen (secondary N) is 3. The van der Waals surface area contributed by atoms with Gasteiger partial charge in [0.2, 0.25) is 0 Å². The minimum atomic E-state index is -1.74. The zero-order chi connectivity index (χ0) is 34.1. The highest BCUT2D eigenvalue weighted by Crippen LogP contribution is 2.50. The molecule has 48 heavy (non-hydrogen) atoms. The van der Waals surface area contributed by atoms with Crippen LogP contribution in [-0.4, -0.2) is 91.7 Å². The zero-order valence-corrected chi connectivity index (χ0v) is 27.5. The van der Waals surface area contributed by atoms with Gasteiger partial charge >= 0.3 is 6.03 Å². The normalized spacial score (nSPS) is 17.6. The number of aromatic nitrogens is 2. The number of carbonyl (C=O) groups is 1. The Kier molecular flexibility index (Phi) is 12.4. The summed E-state index contributed by atoms with van der Waals surface area (Å²) in [5, 5.41) is 56.6. The van der Waals surface area contributed by atoms with Gasteiger partial charge in [0.25, 0.3) is 0 Å². The molecule has 2 aliphatic carbocycles. The summed E-state index contributed by atoms with van der Waals surface area (Å²) in [5.41, 5.74) is 6.51. The SMILES string of the molecule is Cc1ccc(CCCCCNC(=O)NC[C@H](O)[C@@H](O)[C@H](O)[C@H](O)CO)nc1CNC1(c2cnccc2-c2ccccc2OC2CC2)CC1. The standard InChI is InChI=1S/C36H49N5O7/c1-23-10-11-24(7-3-2-6-17-38-35(47)39-21-30(43)33(45)34(46)31(44)22-42)41-29(23)20-40-36(15-16-36)28-19-37-18-14-26(28)27-8-4-5-9-32(27)48-25-12-13-25/h4-5,8-11,14,18-19,25,30-31,33-34,40,42-46H,2-3,6-7,12-13,15-17,20-22H2,1H3,(H2,38,39,47)/t30-,31+,33+,34+/m0/s1. The number of benzene rings is 1. The Morgan fingerprint density at radius 3 is 2.48 bits per heavy atom. The molecule has 0 aliphatic heterocycles. The van der Waals surface area contributed by atoms with Crippen molar-refractivity contribution in [2.75, 3.05) is 19.7 Å². The van der Waals surface area contributed by atoms with Crippen LogP contribution in [0.2, 0.25) is 0 Å². The average Bonchev–Trinajstić information content (AvgIpc) is 4.05. The zero-order valence-electron chi connectivity index (χ0n) is 27.5. The summed E-state index contributed by atoms with van der Waals surface area (Å²) in [6.07, 6.45) is 5.26. The van der Waals surface area contributed by atoms with Gasteiger partial charge in [-0.05, 0) is 86.8 Å². The molecule has 1 aromatic carbocycles. The Morgan fingerprint density at radius 2 is 1.73 bits per heavy atom. The van der Waals surface area contributed by atoms with Gasteiger partial charge in [-0.25, -0.2) is 4.79 Å². The molecule has 5 rings (SSSR count). The van der Waals surface area contributed by atoms with Crippen LogP contribution in [0.1, 0.15) is 67.5 Å². The molecule has 8 N–H and O–H groups in total. The highest BCUT2D eigenvalue weighted by atomic mass is 16.5. The van der Waals surface area contributed by atoms with Gasteiger partial charge in [-0.2, -0.15) is 0 Å². The first-order valence-electron chi connectivity index (χ1n) is 17.0. The van der Waals surface area contributed by atoms with Crippen LogP contribution in [0.5, 0.6) is 5.75 Å². The van der Waals surface area contributed by atoms with Crippen molar-refractivity contribution in [3.05, 3.63) is 77.4 Å². The Labute approximate surface area is 281 Å². The molecule has 2 aliphatic rings. The third-order valence-corrected chi connectivity index (χ3v) is 9.13.